The highest BCUT2D eigenvalue weighted by molar-refractivity contribution is 5.94. The van der Waals surface area contributed by atoms with Gasteiger partial charge in [0.05, 0.1) is 19.3 Å². The second-order valence-electron chi connectivity index (χ2n) is 8.42. The second-order valence-corrected chi connectivity index (χ2v) is 8.42. The van der Waals surface area contributed by atoms with Crippen LogP contribution in [0.4, 0.5) is 0 Å². The fraction of sp³-hybridized carbons (Fsp3) is 0.360. The highest BCUT2D eigenvalue weighted by atomic mass is 16.5. The van der Waals surface area contributed by atoms with Crippen molar-refractivity contribution in [2.24, 2.45) is 0 Å². The molecule has 2 N–H and O–H groups in total. The molecule has 7 heteroatoms. The summed E-state index contributed by atoms with van der Waals surface area (Å²) in [5, 5.41) is 11.3. The van der Waals surface area contributed by atoms with Crippen LogP contribution in [0.1, 0.15) is 34.2 Å². The third kappa shape index (κ3) is 4.26. The minimum Gasteiger partial charge on any atom is -0.497 e. The third-order valence-electron chi connectivity index (χ3n) is 6.33. The highest BCUT2D eigenvalue weighted by Gasteiger charge is 2.27. The summed E-state index contributed by atoms with van der Waals surface area (Å²) in [7, 11) is 1.65. The van der Waals surface area contributed by atoms with Crippen molar-refractivity contribution in [3.8, 4) is 17.0 Å². The van der Waals surface area contributed by atoms with Gasteiger partial charge in [-0.1, -0.05) is 36.4 Å². The van der Waals surface area contributed by atoms with E-state index in [2.05, 4.69) is 39.8 Å². The molecular weight excluding hydrogens is 402 g/mol. The van der Waals surface area contributed by atoms with Gasteiger partial charge in [-0.15, -0.1) is 0 Å². The Balaban J connectivity index is 1.20. The first kappa shape index (κ1) is 20.7. The van der Waals surface area contributed by atoms with Crippen LogP contribution in [0.3, 0.4) is 0 Å². The fourth-order valence-corrected chi connectivity index (χ4v) is 4.57. The molecule has 2 aliphatic heterocycles. The topological polar surface area (TPSA) is 71.4 Å². The molecule has 0 saturated carbocycles. The quantitative estimate of drug-likeness (QED) is 0.563. The van der Waals surface area contributed by atoms with Gasteiger partial charge in [0.1, 0.15) is 17.6 Å². The van der Waals surface area contributed by atoms with Crippen molar-refractivity contribution in [2.75, 3.05) is 33.3 Å². The molecular formula is C25H29N5O2. The molecule has 0 fully saturated rings. The maximum absolute atomic E-state index is 12.4. The van der Waals surface area contributed by atoms with Crippen molar-refractivity contribution in [3.63, 3.8) is 0 Å². The van der Waals surface area contributed by atoms with E-state index < -0.39 is 0 Å². The summed E-state index contributed by atoms with van der Waals surface area (Å²) >= 11 is 0. The molecule has 1 atom stereocenters. The summed E-state index contributed by atoms with van der Waals surface area (Å²) in [4.78, 5) is 14.9. The minimum atomic E-state index is -0.0864. The lowest BCUT2D eigenvalue weighted by Gasteiger charge is -2.29. The number of hydrogen-bond acceptors (Lipinski definition) is 5. The van der Waals surface area contributed by atoms with Crippen LogP contribution in [-0.2, 0) is 13.0 Å². The van der Waals surface area contributed by atoms with Gasteiger partial charge in [-0.25, -0.2) is 4.68 Å². The van der Waals surface area contributed by atoms with Gasteiger partial charge in [0.25, 0.3) is 5.91 Å². The molecule has 166 valence electrons. The lowest BCUT2D eigenvalue weighted by molar-refractivity contribution is 0.0900. The number of ether oxygens (including phenoxy) is 1. The van der Waals surface area contributed by atoms with E-state index in [1.807, 2.05) is 35.0 Å². The Hall–Kier alpha value is -3.16. The van der Waals surface area contributed by atoms with Gasteiger partial charge in [-0.2, -0.15) is 5.10 Å². The van der Waals surface area contributed by atoms with Gasteiger partial charge >= 0.3 is 0 Å². The Morgan fingerprint density at radius 3 is 2.91 bits per heavy atom. The molecule has 0 radical (unpaired) electrons. The summed E-state index contributed by atoms with van der Waals surface area (Å²) < 4.78 is 7.15. The van der Waals surface area contributed by atoms with Crippen molar-refractivity contribution in [3.05, 3.63) is 71.4 Å². The number of carbonyl (C=O) groups excluding carboxylic acids is 1. The number of carbonyl (C=O) groups is 1. The van der Waals surface area contributed by atoms with E-state index >= 15 is 0 Å². The molecule has 2 aromatic carbocycles. The summed E-state index contributed by atoms with van der Waals surface area (Å²) in [6.45, 7) is 4.60. The Bertz CT molecular complexity index is 1110. The van der Waals surface area contributed by atoms with Crippen molar-refractivity contribution >= 4 is 5.91 Å². The van der Waals surface area contributed by atoms with E-state index in [1.165, 1.54) is 11.1 Å². The summed E-state index contributed by atoms with van der Waals surface area (Å²) in [6, 6.07) is 18.3. The predicted molar refractivity (Wildman–Crippen MR) is 124 cm³/mol. The van der Waals surface area contributed by atoms with Crippen LogP contribution in [0.2, 0.25) is 0 Å². The fourth-order valence-electron chi connectivity index (χ4n) is 4.57. The Kier molecular flexibility index (Phi) is 5.92. The molecule has 3 heterocycles. The monoisotopic (exact) mass is 431 g/mol. The van der Waals surface area contributed by atoms with E-state index in [0.29, 0.717) is 12.2 Å². The first-order chi connectivity index (χ1) is 15.7. The zero-order valence-corrected chi connectivity index (χ0v) is 18.4. The first-order valence-corrected chi connectivity index (χ1v) is 11.3. The zero-order valence-electron chi connectivity index (χ0n) is 18.4. The predicted octanol–water partition coefficient (Wildman–Crippen LogP) is 2.84. The molecule has 2 aliphatic rings. The van der Waals surface area contributed by atoms with Crippen LogP contribution in [0.15, 0.2) is 54.6 Å². The van der Waals surface area contributed by atoms with Gasteiger partial charge in [-0.05, 0) is 55.3 Å². The minimum absolute atomic E-state index is 0.0517. The molecule has 32 heavy (non-hydrogen) atoms. The van der Waals surface area contributed by atoms with Gasteiger partial charge in [0.15, 0.2) is 0 Å². The van der Waals surface area contributed by atoms with Crippen LogP contribution in [0, 0.1) is 0 Å². The smallest absolute Gasteiger partial charge is 0.269 e. The molecule has 0 bridgehead atoms. The van der Waals surface area contributed by atoms with Gasteiger partial charge < -0.3 is 10.1 Å². The lowest BCUT2D eigenvalue weighted by Crippen LogP contribution is -2.45. The van der Waals surface area contributed by atoms with Gasteiger partial charge in [-0.3, -0.25) is 15.0 Å². The molecule has 0 unspecified atom stereocenters. The number of amides is 1. The van der Waals surface area contributed by atoms with Crippen LogP contribution >= 0.6 is 0 Å². The molecule has 5 rings (SSSR count). The largest absolute Gasteiger partial charge is 0.497 e. The number of hydrogen-bond donors (Lipinski definition) is 2. The maximum atomic E-state index is 12.4. The Morgan fingerprint density at radius 1 is 1.16 bits per heavy atom. The number of nitrogens with zero attached hydrogens (tertiary/aromatic N) is 3. The molecule has 7 nitrogen and oxygen atoms in total. The summed E-state index contributed by atoms with van der Waals surface area (Å²) in [5.74, 6) is 0.685. The molecule has 3 aromatic rings. The Labute approximate surface area is 188 Å². The number of nitrogens with one attached hydrogen (secondary N) is 2. The summed E-state index contributed by atoms with van der Waals surface area (Å²) in [6.07, 6.45) is 2.12. The summed E-state index contributed by atoms with van der Waals surface area (Å²) in [5.41, 5.74) is 5.22. The highest BCUT2D eigenvalue weighted by Crippen LogP contribution is 2.26. The number of fused-ring (bicyclic) bond motifs is 2. The van der Waals surface area contributed by atoms with Crippen LogP contribution in [0.5, 0.6) is 5.75 Å². The first-order valence-electron chi connectivity index (χ1n) is 11.3. The van der Waals surface area contributed by atoms with Gasteiger partial charge in [0, 0.05) is 18.7 Å². The van der Waals surface area contributed by atoms with Crippen molar-refractivity contribution < 1.29 is 9.53 Å². The molecule has 1 aromatic heterocycles. The number of benzene rings is 2. The second kappa shape index (κ2) is 9.14. The van der Waals surface area contributed by atoms with Crippen molar-refractivity contribution in [2.45, 2.75) is 25.6 Å². The maximum Gasteiger partial charge on any atom is 0.269 e. The van der Waals surface area contributed by atoms with Crippen LogP contribution in [0.25, 0.3) is 11.3 Å². The van der Waals surface area contributed by atoms with E-state index in [0.717, 1.165) is 56.0 Å². The van der Waals surface area contributed by atoms with E-state index in [9.17, 15) is 4.79 Å². The normalized spacial score (nSPS) is 18.0. The number of rotatable bonds is 7. The molecule has 0 aliphatic carbocycles. The number of methoxy groups -OCH3 is 1. The SMILES string of the molecule is COc1cccc(-c2cc3n(n2)[C@H](NCCCN2CCc4ccccc4C2)CNC3=O)c1. The standard InChI is InChI=1S/C25H29N5O2/c1-32-21-9-4-8-19(14-21)22-15-23-25(31)27-16-24(30(23)28-22)26-11-5-12-29-13-10-18-6-2-3-7-20(18)17-29/h2-4,6-9,14-15,24,26H,5,10-13,16-17H2,1H3,(H,27,31)/t24-/m0/s1. The van der Waals surface area contributed by atoms with Crippen molar-refractivity contribution in [1.29, 1.82) is 0 Å². The number of aromatic nitrogens is 2. The van der Waals surface area contributed by atoms with Gasteiger partial charge in [0.2, 0.25) is 0 Å². The lowest BCUT2D eigenvalue weighted by atomic mass is 10.00. The van der Waals surface area contributed by atoms with E-state index in [-0.39, 0.29) is 12.1 Å². The molecule has 0 saturated heterocycles. The molecule has 0 spiro atoms. The van der Waals surface area contributed by atoms with Crippen molar-refractivity contribution in [1.82, 2.24) is 25.3 Å². The Morgan fingerprint density at radius 2 is 2.03 bits per heavy atom. The average molecular weight is 432 g/mol. The van der Waals surface area contributed by atoms with E-state index in [1.54, 1.807) is 7.11 Å². The third-order valence-corrected chi connectivity index (χ3v) is 6.33. The average Bonchev–Trinajstić information content (AvgIpc) is 3.30. The van der Waals surface area contributed by atoms with Crippen LogP contribution in [-0.4, -0.2) is 53.9 Å². The zero-order chi connectivity index (χ0) is 21.9. The van der Waals surface area contributed by atoms with E-state index in [4.69, 9.17) is 9.84 Å². The van der Waals surface area contributed by atoms with Crippen LogP contribution < -0.4 is 15.4 Å². The molecule has 1 amide bonds.